The summed E-state index contributed by atoms with van der Waals surface area (Å²) in [7, 11) is -1.05. The average Bonchev–Trinajstić information content (AvgIpc) is 2.30. The lowest BCUT2D eigenvalue weighted by molar-refractivity contribution is 0.683. The van der Waals surface area contributed by atoms with E-state index in [0.29, 0.717) is 6.54 Å². The maximum absolute atomic E-state index is 11.0. The molecule has 1 aliphatic rings. The smallest absolute Gasteiger partial charge is 0.125 e. The second-order valence-corrected chi connectivity index (χ2v) is 3.15. The molecule has 3 heteroatoms. The van der Waals surface area contributed by atoms with Gasteiger partial charge in [0.05, 0.1) is 4.91 Å². The van der Waals surface area contributed by atoms with Crippen LogP contribution in [0.15, 0.2) is 35.8 Å². The van der Waals surface area contributed by atoms with E-state index in [0.717, 1.165) is 10.5 Å². The number of hydrogen-bond acceptors (Lipinski definition) is 1. The third kappa shape index (κ3) is 1.10. The third-order valence-electron chi connectivity index (χ3n) is 1.34. The summed E-state index contributed by atoms with van der Waals surface area (Å²) in [5.74, 6) is 0. The molecule has 1 N–H and O–H groups in total. The van der Waals surface area contributed by atoms with E-state index in [2.05, 4.69) is 17.9 Å². The van der Waals surface area contributed by atoms with Crippen molar-refractivity contribution in [1.29, 1.82) is 0 Å². The normalized spacial score (nSPS) is 25.0. The van der Waals surface area contributed by atoms with Crippen molar-refractivity contribution in [2.75, 3.05) is 6.54 Å². The monoisotopic (exact) mass is 155 g/mol. The fourth-order valence-electron chi connectivity index (χ4n) is 0.807. The fourth-order valence-corrected chi connectivity index (χ4v) is 1.79. The molecule has 1 unspecified atom stereocenters. The molecule has 1 rings (SSSR count). The maximum atomic E-state index is 11.0. The molecule has 0 amide bonds. The van der Waals surface area contributed by atoms with Gasteiger partial charge >= 0.3 is 0 Å². The van der Waals surface area contributed by atoms with E-state index in [9.17, 15) is 4.21 Å². The molecule has 0 aromatic rings. The fraction of sp³-hybridized carbons (Fsp3) is 0.143. The minimum Gasteiger partial charge on any atom is -0.237 e. The van der Waals surface area contributed by atoms with Gasteiger partial charge in [-0.1, -0.05) is 25.3 Å². The Kier molecular flexibility index (Phi) is 2.19. The van der Waals surface area contributed by atoms with Crippen LogP contribution >= 0.6 is 0 Å². The summed E-state index contributed by atoms with van der Waals surface area (Å²) in [5.41, 5.74) is 0.980. The van der Waals surface area contributed by atoms with E-state index >= 15 is 0 Å². The Morgan fingerprint density at radius 3 is 2.60 bits per heavy atom. The highest BCUT2D eigenvalue weighted by Gasteiger charge is 2.15. The van der Waals surface area contributed by atoms with E-state index in [-0.39, 0.29) is 0 Å². The first-order valence-corrected chi connectivity index (χ1v) is 4.08. The predicted octanol–water partition coefficient (Wildman–Crippen LogP) is 0.879. The molecular formula is C7H9NOS. The lowest BCUT2D eigenvalue weighted by atomic mass is 10.2. The molecular weight excluding hydrogens is 146 g/mol. The Hall–Kier alpha value is -0.670. The summed E-state index contributed by atoms with van der Waals surface area (Å²) in [6.07, 6.45) is 3.31. The number of rotatable bonds is 2. The van der Waals surface area contributed by atoms with Crippen LogP contribution in [-0.4, -0.2) is 10.8 Å². The van der Waals surface area contributed by atoms with Gasteiger partial charge in [0.2, 0.25) is 0 Å². The van der Waals surface area contributed by atoms with Gasteiger partial charge in [-0.3, -0.25) is 0 Å². The van der Waals surface area contributed by atoms with Crippen LogP contribution in [0.25, 0.3) is 0 Å². The van der Waals surface area contributed by atoms with Gasteiger partial charge in [-0.05, 0) is 5.57 Å². The molecule has 0 aromatic heterocycles. The van der Waals surface area contributed by atoms with Gasteiger partial charge in [-0.15, -0.1) is 0 Å². The zero-order chi connectivity index (χ0) is 7.56. The Balaban J connectivity index is 3.02. The summed E-state index contributed by atoms with van der Waals surface area (Å²) >= 11 is 0. The predicted molar refractivity (Wildman–Crippen MR) is 43.6 cm³/mol. The molecule has 0 aromatic carbocycles. The summed E-state index contributed by atoms with van der Waals surface area (Å²) in [5, 5.41) is 0. The maximum Gasteiger partial charge on any atom is 0.125 e. The molecule has 0 saturated carbocycles. The molecule has 1 atom stereocenters. The van der Waals surface area contributed by atoms with E-state index in [4.69, 9.17) is 0 Å². The van der Waals surface area contributed by atoms with Crippen LogP contribution in [0.2, 0.25) is 0 Å². The van der Waals surface area contributed by atoms with E-state index in [1.165, 1.54) is 0 Å². The minimum absolute atomic E-state index is 0.636. The summed E-state index contributed by atoms with van der Waals surface area (Å²) in [6, 6.07) is 0. The van der Waals surface area contributed by atoms with Crippen LogP contribution in [0, 0.1) is 0 Å². The number of hydrogen-bond donors (Lipinski definition) is 1. The zero-order valence-electron chi connectivity index (χ0n) is 5.59. The van der Waals surface area contributed by atoms with Crippen molar-refractivity contribution >= 4 is 11.0 Å². The van der Waals surface area contributed by atoms with Crippen LogP contribution in [0.5, 0.6) is 0 Å². The molecule has 1 aliphatic heterocycles. The highest BCUT2D eigenvalue weighted by molar-refractivity contribution is 7.87. The van der Waals surface area contributed by atoms with E-state index in [1.807, 2.05) is 0 Å². The van der Waals surface area contributed by atoms with E-state index < -0.39 is 11.0 Å². The molecule has 0 radical (unpaired) electrons. The first-order valence-electron chi connectivity index (χ1n) is 2.93. The Morgan fingerprint density at radius 2 is 2.20 bits per heavy atom. The molecule has 0 bridgehead atoms. The first-order chi connectivity index (χ1) is 4.79. The van der Waals surface area contributed by atoms with E-state index in [1.54, 1.807) is 12.2 Å². The highest BCUT2D eigenvalue weighted by Crippen LogP contribution is 2.15. The Bertz CT molecular complexity index is 230. The largest absolute Gasteiger partial charge is 0.237 e. The van der Waals surface area contributed by atoms with Crippen molar-refractivity contribution in [3.8, 4) is 0 Å². The van der Waals surface area contributed by atoms with Crippen molar-refractivity contribution in [1.82, 2.24) is 4.72 Å². The Labute approximate surface area is 62.9 Å². The molecule has 10 heavy (non-hydrogen) atoms. The topological polar surface area (TPSA) is 29.1 Å². The highest BCUT2D eigenvalue weighted by atomic mass is 32.2. The van der Waals surface area contributed by atoms with Crippen molar-refractivity contribution in [3.05, 3.63) is 35.8 Å². The quantitative estimate of drug-likeness (QED) is 0.630. The van der Waals surface area contributed by atoms with Crippen molar-refractivity contribution in [3.63, 3.8) is 0 Å². The molecule has 0 fully saturated rings. The number of nitrogens with one attached hydrogen (secondary N) is 1. The lowest BCUT2D eigenvalue weighted by Crippen LogP contribution is -2.09. The molecule has 54 valence electrons. The molecule has 0 saturated heterocycles. The van der Waals surface area contributed by atoms with Gasteiger partial charge < -0.3 is 0 Å². The van der Waals surface area contributed by atoms with Crippen molar-refractivity contribution < 1.29 is 4.21 Å². The van der Waals surface area contributed by atoms with Gasteiger partial charge in [-0.2, -0.15) is 0 Å². The van der Waals surface area contributed by atoms with Gasteiger partial charge in [0.15, 0.2) is 0 Å². The minimum atomic E-state index is -1.05. The molecule has 0 aliphatic carbocycles. The molecule has 1 heterocycles. The average molecular weight is 155 g/mol. The lowest BCUT2D eigenvalue weighted by Gasteiger charge is -1.89. The summed E-state index contributed by atoms with van der Waals surface area (Å²) in [4.78, 5) is 0.759. The molecule has 2 nitrogen and oxygen atoms in total. The van der Waals surface area contributed by atoms with Crippen molar-refractivity contribution in [2.24, 2.45) is 0 Å². The van der Waals surface area contributed by atoms with Gasteiger partial charge in [0.1, 0.15) is 11.0 Å². The second kappa shape index (κ2) is 2.94. The van der Waals surface area contributed by atoms with Gasteiger partial charge in [-0.25, -0.2) is 8.93 Å². The van der Waals surface area contributed by atoms with Crippen LogP contribution in [-0.2, 0) is 11.0 Å². The zero-order valence-corrected chi connectivity index (χ0v) is 6.41. The van der Waals surface area contributed by atoms with Crippen LogP contribution in [0.4, 0.5) is 0 Å². The molecule has 0 spiro atoms. The summed E-state index contributed by atoms with van der Waals surface area (Å²) < 4.78 is 13.8. The summed E-state index contributed by atoms with van der Waals surface area (Å²) in [6.45, 7) is 7.78. The van der Waals surface area contributed by atoms with Crippen molar-refractivity contribution in [2.45, 2.75) is 0 Å². The third-order valence-corrected chi connectivity index (χ3v) is 2.58. The Morgan fingerprint density at radius 1 is 1.50 bits per heavy atom. The standard InChI is InChI=1S/C7H9NOS/c1-3-6-5-8-10(9)7(6)4-2/h3-4,8H,1-2,5H2. The van der Waals surface area contributed by atoms with Crippen LogP contribution < -0.4 is 4.72 Å². The SMILES string of the molecule is C=CC1=C(C=C)S(=O)NC1. The van der Waals surface area contributed by atoms with Gasteiger partial charge in [0.25, 0.3) is 0 Å². The second-order valence-electron chi connectivity index (χ2n) is 1.89. The van der Waals surface area contributed by atoms with Gasteiger partial charge in [0, 0.05) is 6.54 Å². The van der Waals surface area contributed by atoms with Crippen LogP contribution in [0.3, 0.4) is 0 Å². The van der Waals surface area contributed by atoms with Crippen LogP contribution in [0.1, 0.15) is 0 Å². The number of allylic oxidation sites excluding steroid dienone is 1. The first kappa shape index (κ1) is 7.44.